The van der Waals surface area contributed by atoms with Crippen molar-refractivity contribution in [1.82, 2.24) is 0 Å². The minimum Gasteiger partial charge on any atom is -0.393 e. The fourth-order valence-corrected chi connectivity index (χ4v) is 1.69. The molecule has 0 unspecified atom stereocenters. The number of hydrogen-bond donors (Lipinski definition) is 2. The average Bonchev–Trinajstić information content (AvgIpc) is 1.85. The lowest BCUT2D eigenvalue weighted by Gasteiger charge is -2.52. The largest absolute Gasteiger partial charge is 0.393 e. The lowest BCUT2D eigenvalue weighted by molar-refractivity contribution is -0.0416. The van der Waals surface area contributed by atoms with Gasteiger partial charge in [0.1, 0.15) is 0 Å². The van der Waals surface area contributed by atoms with Crippen molar-refractivity contribution in [2.75, 3.05) is 0 Å². The maximum Gasteiger partial charge on any atom is 0.0575 e. The fraction of sp³-hybridized carbons (Fsp3) is 1.00. The molecule has 2 heteroatoms. The molecule has 0 atom stereocenters. The highest BCUT2D eigenvalue weighted by Crippen LogP contribution is 2.45. The van der Waals surface area contributed by atoms with Crippen LogP contribution >= 0.6 is 0 Å². The van der Waals surface area contributed by atoms with E-state index in [0.717, 1.165) is 19.3 Å². The highest BCUT2D eigenvalue weighted by molar-refractivity contribution is 5.07. The van der Waals surface area contributed by atoms with Gasteiger partial charge in [-0.15, -0.1) is 0 Å². The van der Waals surface area contributed by atoms with E-state index in [9.17, 15) is 0 Å². The molecule has 0 radical (unpaired) electrons. The van der Waals surface area contributed by atoms with Crippen LogP contribution in [0, 0.1) is 5.41 Å². The van der Waals surface area contributed by atoms with Gasteiger partial charge in [0.15, 0.2) is 0 Å². The van der Waals surface area contributed by atoms with Crippen LogP contribution < -0.4 is 5.73 Å². The Kier molecular flexibility index (Phi) is 2.01. The zero-order valence-corrected chi connectivity index (χ0v) is 7.72. The van der Waals surface area contributed by atoms with Crippen LogP contribution in [0.4, 0.5) is 0 Å². The molecule has 0 heterocycles. The molecule has 1 aliphatic rings. The van der Waals surface area contributed by atoms with Crippen molar-refractivity contribution >= 4 is 0 Å². The second-order valence-corrected chi connectivity index (χ2v) is 4.46. The molecule has 3 N–H and O–H groups in total. The van der Waals surface area contributed by atoms with Crippen LogP contribution in [0.15, 0.2) is 0 Å². The predicted octanol–water partition coefficient (Wildman–Crippen LogP) is 1.27. The van der Waals surface area contributed by atoms with Gasteiger partial charge in [-0.25, -0.2) is 0 Å². The van der Waals surface area contributed by atoms with Gasteiger partial charge in [0.25, 0.3) is 0 Å². The summed E-state index contributed by atoms with van der Waals surface area (Å²) >= 11 is 0. The number of aliphatic hydroxyl groups excluding tert-OH is 1. The molecule has 0 aromatic rings. The van der Waals surface area contributed by atoms with E-state index in [1.54, 1.807) is 0 Å². The Balaban J connectivity index is 2.60. The first-order valence-corrected chi connectivity index (χ1v) is 4.38. The Morgan fingerprint density at radius 1 is 1.55 bits per heavy atom. The molecule has 1 rings (SSSR count). The van der Waals surface area contributed by atoms with Crippen molar-refractivity contribution in [3.8, 4) is 0 Å². The molecule has 1 aliphatic carbocycles. The Morgan fingerprint density at radius 3 is 2.27 bits per heavy atom. The van der Waals surface area contributed by atoms with Gasteiger partial charge in [0, 0.05) is 5.54 Å². The van der Waals surface area contributed by atoms with E-state index in [1.807, 2.05) is 0 Å². The van der Waals surface area contributed by atoms with Crippen LogP contribution in [0.3, 0.4) is 0 Å². The lowest BCUT2D eigenvalue weighted by Crippen LogP contribution is -2.63. The van der Waals surface area contributed by atoms with Gasteiger partial charge in [0.05, 0.1) is 6.10 Å². The molecule has 1 saturated carbocycles. The molecule has 0 spiro atoms. The van der Waals surface area contributed by atoms with Crippen LogP contribution in [0.5, 0.6) is 0 Å². The Bertz CT molecular complexity index is 148. The van der Waals surface area contributed by atoms with E-state index in [4.69, 9.17) is 10.8 Å². The molecular formula is C9H19NO. The second-order valence-electron chi connectivity index (χ2n) is 4.46. The molecule has 0 aliphatic heterocycles. The summed E-state index contributed by atoms with van der Waals surface area (Å²) < 4.78 is 0. The highest BCUT2D eigenvalue weighted by Gasteiger charge is 2.49. The summed E-state index contributed by atoms with van der Waals surface area (Å²) in [7, 11) is 0. The molecule has 2 nitrogen and oxygen atoms in total. The smallest absolute Gasteiger partial charge is 0.0575 e. The van der Waals surface area contributed by atoms with E-state index in [-0.39, 0.29) is 17.1 Å². The number of nitrogens with two attached hydrogens (primary N) is 1. The molecular weight excluding hydrogens is 138 g/mol. The van der Waals surface area contributed by atoms with Crippen LogP contribution in [0.1, 0.15) is 40.0 Å². The van der Waals surface area contributed by atoms with Crippen LogP contribution in [-0.2, 0) is 0 Å². The molecule has 0 bridgehead atoms. The summed E-state index contributed by atoms with van der Waals surface area (Å²) in [5, 5.41) is 9.16. The molecule has 0 amide bonds. The van der Waals surface area contributed by atoms with E-state index < -0.39 is 0 Å². The molecule has 66 valence electrons. The highest BCUT2D eigenvalue weighted by atomic mass is 16.3. The van der Waals surface area contributed by atoms with Crippen molar-refractivity contribution < 1.29 is 5.11 Å². The zero-order valence-electron chi connectivity index (χ0n) is 7.72. The summed E-state index contributed by atoms with van der Waals surface area (Å²) in [5.74, 6) is 0. The van der Waals surface area contributed by atoms with Crippen molar-refractivity contribution in [1.29, 1.82) is 0 Å². The van der Waals surface area contributed by atoms with Gasteiger partial charge in [-0.05, 0) is 24.7 Å². The summed E-state index contributed by atoms with van der Waals surface area (Å²) in [4.78, 5) is 0. The molecule has 1 fully saturated rings. The number of hydrogen-bond acceptors (Lipinski definition) is 2. The summed E-state index contributed by atoms with van der Waals surface area (Å²) in [6.45, 7) is 6.51. The zero-order chi connectivity index (χ0) is 8.70. The van der Waals surface area contributed by atoms with E-state index >= 15 is 0 Å². The quantitative estimate of drug-likeness (QED) is 0.634. The van der Waals surface area contributed by atoms with E-state index in [2.05, 4.69) is 20.8 Å². The summed E-state index contributed by atoms with van der Waals surface area (Å²) in [5.41, 5.74) is 6.18. The van der Waals surface area contributed by atoms with Gasteiger partial charge >= 0.3 is 0 Å². The topological polar surface area (TPSA) is 46.2 Å². The van der Waals surface area contributed by atoms with Gasteiger partial charge in [-0.1, -0.05) is 20.8 Å². The minimum absolute atomic E-state index is 0.110. The van der Waals surface area contributed by atoms with Crippen molar-refractivity contribution in [2.45, 2.75) is 51.7 Å². The van der Waals surface area contributed by atoms with Gasteiger partial charge in [0.2, 0.25) is 0 Å². The summed E-state index contributed by atoms with van der Waals surface area (Å²) in [6, 6.07) is 0. The van der Waals surface area contributed by atoms with E-state index in [0.29, 0.717) is 0 Å². The predicted molar refractivity (Wildman–Crippen MR) is 46.2 cm³/mol. The van der Waals surface area contributed by atoms with Crippen molar-refractivity contribution in [3.63, 3.8) is 0 Å². The monoisotopic (exact) mass is 157 g/mol. The van der Waals surface area contributed by atoms with Crippen molar-refractivity contribution in [3.05, 3.63) is 0 Å². The third-order valence-corrected chi connectivity index (χ3v) is 3.43. The average molecular weight is 157 g/mol. The maximum absolute atomic E-state index is 9.16. The Morgan fingerprint density at radius 2 is 2.00 bits per heavy atom. The third-order valence-electron chi connectivity index (χ3n) is 3.43. The van der Waals surface area contributed by atoms with Crippen LogP contribution in [0.2, 0.25) is 0 Å². The maximum atomic E-state index is 9.16. The van der Waals surface area contributed by atoms with E-state index in [1.165, 1.54) is 0 Å². The third kappa shape index (κ3) is 1.30. The molecule has 11 heavy (non-hydrogen) atoms. The standard InChI is InChI=1S/C9H19NO/c1-4-8(2,3)9(10)5-7(11)6-9/h7,11H,4-6,10H2,1-3H3. The van der Waals surface area contributed by atoms with Gasteiger partial charge in [-0.3, -0.25) is 0 Å². The van der Waals surface area contributed by atoms with Gasteiger partial charge in [-0.2, -0.15) is 0 Å². The summed E-state index contributed by atoms with van der Waals surface area (Å²) in [6.07, 6.45) is 2.48. The molecule has 0 aromatic carbocycles. The Labute approximate surface area is 68.8 Å². The minimum atomic E-state index is -0.147. The Hall–Kier alpha value is -0.0800. The SMILES string of the molecule is CCC(C)(C)C1(N)CC(O)C1. The normalized spacial score (nSPS) is 38.5. The molecule has 0 saturated heterocycles. The first-order chi connectivity index (χ1) is 4.91. The first-order valence-electron chi connectivity index (χ1n) is 4.38. The number of rotatable bonds is 2. The first kappa shape index (κ1) is 9.01. The van der Waals surface area contributed by atoms with Crippen molar-refractivity contribution in [2.24, 2.45) is 11.1 Å². The van der Waals surface area contributed by atoms with Gasteiger partial charge < -0.3 is 10.8 Å². The fourth-order valence-electron chi connectivity index (χ4n) is 1.69. The van der Waals surface area contributed by atoms with Crippen LogP contribution in [0.25, 0.3) is 0 Å². The molecule has 0 aromatic heterocycles. The number of aliphatic hydroxyl groups is 1. The second kappa shape index (κ2) is 2.46. The van der Waals surface area contributed by atoms with Crippen LogP contribution in [-0.4, -0.2) is 16.7 Å². The lowest BCUT2D eigenvalue weighted by atomic mass is 9.59.